The molecule has 2 saturated heterocycles. The van der Waals surface area contributed by atoms with Gasteiger partial charge in [0, 0.05) is 31.7 Å². The van der Waals surface area contributed by atoms with Crippen LogP contribution in [0, 0.1) is 13.8 Å². The molecule has 1 N–H and O–H groups in total. The van der Waals surface area contributed by atoms with Crippen molar-refractivity contribution in [1.29, 1.82) is 0 Å². The molecular formula is C22H31ClN4O4. The van der Waals surface area contributed by atoms with Crippen molar-refractivity contribution in [1.82, 2.24) is 20.4 Å². The Morgan fingerprint density at radius 1 is 1.29 bits per heavy atom. The van der Waals surface area contributed by atoms with Crippen LogP contribution in [0.2, 0.25) is 0 Å². The van der Waals surface area contributed by atoms with Crippen molar-refractivity contribution in [3.05, 3.63) is 41.0 Å². The van der Waals surface area contributed by atoms with Gasteiger partial charge in [0.2, 0.25) is 0 Å². The Morgan fingerprint density at radius 3 is 2.65 bits per heavy atom. The van der Waals surface area contributed by atoms with Gasteiger partial charge in [-0.1, -0.05) is 5.16 Å². The van der Waals surface area contributed by atoms with Crippen LogP contribution in [-0.4, -0.2) is 58.8 Å². The van der Waals surface area contributed by atoms with Crippen LogP contribution in [0.15, 0.2) is 22.7 Å². The summed E-state index contributed by atoms with van der Waals surface area (Å²) >= 11 is 0. The van der Waals surface area contributed by atoms with E-state index in [0.29, 0.717) is 36.9 Å². The number of carbonyl (C=O) groups is 1. The van der Waals surface area contributed by atoms with Crippen molar-refractivity contribution >= 4 is 18.3 Å². The highest BCUT2D eigenvalue weighted by molar-refractivity contribution is 5.94. The molecule has 2 aliphatic heterocycles. The maximum absolute atomic E-state index is 13.0. The van der Waals surface area contributed by atoms with Crippen LogP contribution in [0.3, 0.4) is 0 Å². The number of carbonyl (C=O) groups excluding carboxylic acids is 1. The normalized spacial score (nSPS) is 20.5. The van der Waals surface area contributed by atoms with Crippen molar-refractivity contribution in [2.75, 3.05) is 26.2 Å². The lowest BCUT2D eigenvalue weighted by molar-refractivity contribution is -0.148. The smallest absolute Gasteiger partial charge is 0.257 e. The number of likely N-dealkylation sites (tertiary alicyclic amines) is 1. The third-order valence-corrected chi connectivity index (χ3v) is 5.73. The largest absolute Gasteiger partial charge is 0.491 e. The van der Waals surface area contributed by atoms with Gasteiger partial charge in [-0.25, -0.2) is 0 Å². The Balaban J connectivity index is 0.00000272. The van der Waals surface area contributed by atoms with Crippen LogP contribution in [0.5, 0.6) is 5.75 Å². The summed E-state index contributed by atoms with van der Waals surface area (Å²) < 4.78 is 17.5. The van der Waals surface area contributed by atoms with Gasteiger partial charge in [-0.05, 0) is 64.3 Å². The van der Waals surface area contributed by atoms with Crippen molar-refractivity contribution in [2.45, 2.75) is 58.3 Å². The molecule has 0 radical (unpaired) electrons. The van der Waals surface area contributed by atoms with Crippen molar-refractivity contribution in [2.24, 2.45) is 0 Å². The predicted molar refractivity (Wildman–Crippen MR) is 118 cm³/mol. The van der Waals surface area contributed by atoms with Gasteiger partial charge in [0.15, 0.2) is 5.82 Å². The van der Waals surface area contributed by atoms with E-state index < -0.39 is 0 Å². The van der Waals surface area contributed by atoms with Crippen LogP contribution in [0.1, 0.15) is 60.4 Å². The number of benzene rings is 1. The molecule has 3 heterocycles. The van der Waals surface area contributed by atoms with Gasteiger partial charge in [-0.3, -0.25) is 4.79 Å². The first-order valence-electron chi connectivity index (χ1n) is 10.6. The molecule has 0 saturated carbocycles. The monoisotopic (exact) mass is 450 g/mol. The average Bonchev–Trinajstić information content (AvgIpc) is 3.16. The molecule has 2 aromatic rings. The molecule has 31 heavy (non-hydrogen) atoms. The fourth-order valence-electron chi connectivity index (χ4n) is 4.16. The molecule has 0 aliphatic carbocycles. The Hall–Kier alpha value is -2.16. The van der Waals surface area contributed by atoms with Crippen LogP contribution in [0.25, 0.3) is 0 Å². The second kappa shape index (κ2) is 9.54. The third kappa shape index (κ3) is 5.19. The Morgan fingerprint density at radius 2 is 2.03 bits per heavy atom. The first-order valence-corrected chi connectivity index (χ1v) is 10.6. The van der Waals surface area contributed by atoms with Gasteiger partial charge in [0.1, 0.15) is 11.9 Å². The van der Waals surface area contributed by atoms with Gasteiger partial charge >= 0.3 is 0 Å². The van der Waals surface area contributed by atoms with E-state index in [1.165, 1.54) is 0 Å². The first kappa shape index (κ1) is 23.5. The number of aryl methyl sites for hydroxylation is 2. The van der Waals surface area contributed by atoms with Crippen LogP contribution in [-0.2, 0) is 4.74 Å². The Kier molecular flexibility index (Phi) is 7.24. The van der Waals surface area contributed by atoms with Crippen molar-refractivity contribution in [3.63, 3.8) is 0 Å². The number of piperidine rings is 1. The molecule has 1 unspecified atom stereocenters. The lowest BCUT2D eigenvalue weighted by atomic mass is 9.89. The van der Waals surface area contributed by atoms with E-state index in [1.807, 2.05) is 43.9 Å². The summed E-state index contributed by atoms with van der Waals surface area (Å²) in [7, 11) is 0. The quantitative estimate of drug-likeness (QED) is 0.764. The van der Waals surface area contributed by atoms with E-state index in [9.17, 15) is 4.79 Å². The zero-order valence-corrected chi connectivity index (χ0v) is 19.3. The van der Waals surface area contributed by atoms with Gasteiger partial charge < -0.3 is 24.2 Å². The van der Waals surface area contributed by atoms with E-state index in [2.05, 4.69) is 15.5 Å². The summed E-state index contributed by atoms with van der Waals surface area (Å²) in [6, 6.07) is 5.65. The lowest BCUT2D eigenvalue weighted by Gasteiger charge is -2.45. The maximum atomic E-state index is 13.0. The zero-order chi connectivity index (χ0) is 21.3. The summed E-state index contributed by atoms with van der Waals surface area (Å²) in [5.74, 6) is 1.99. The minimum Gasteiger partial charge on any atom is -0.491 e. The number of halogens is 1. The number of nitrogens with zero attached hydrogens (tertiary/aromatic N) is 3. The Bertz CT molecular complexity index is 909. The zero-order valence-electron chi connectivity index (χ0n) is 18.5. The number of hydrogen-bond donors (Lipinski definition) is 1. The molecule has 1 amide bonds. The van der Waals surface area contributed by atoms with Crippen LogP contribution >= 0.6 is 12.4 Å². The maximum Gasteiger partial charge on any atom is 0.257 e. The molecule has 8 nitrogen and oxygen atoms in total. The molecule has 1 spiro atoms. The number of aromatic nitrogens is 2. The molecule has 1 atom stereocenters. The number of nitrogens with one attached hydrogen (secondary N) is 1. The molecule has 2 aliphatic rings. The summed E-state index contributed by atoms with van der Waals surface area (Å²) in [6.45, 7) is 10.5. The highest BCUT2D eigenvalue weighted by Gasteiger charge is 2.42. The Labute approximate surface area is 189 Å². The van der Waals surface area contributed by atoms with Gasteiger partial charge in [-0.2, -0.15) is 4.98 Å². The minimum atomic E-state index is -0.313. The molecule has 0 bridgehead atoms. The van der Waals surface area contributed by atoms with E-state index in [4.69, 9.17) is 14.0 Å². The lowest BCUT2D eigenvalue weighted by Crippen LogP contribution is -2.57. The predicted octanol–water partition coefficient (Wildman–Crippen LogP) is 3.23. The summed E-state index contributed by atoms with van der Waals surface area (Å²) in [4.78, 5) is 19.3. The number of morpholine rings is 1. The first-order chi connectivity index (χ1) is 14.3. The highest BCUT2D eigenvalue weighted by Crippen LogP contribution is 2.35. The fraction of sp³-hybridized carbons (Fsp3) is 0.591. The molecule has 1 aromatic carbocycles. The summed E-state index contributed by atoms with van der Waals surface area (Å²) in [5, 5.41) is 7.31. The summed E-state index contributed by atoms with van der Waals surface area (Å²) in [5.41, 5.74) is 1.36. The van der Waals surface area contributed by atoms with E-state index in [1.54, 1.807) is 6.92 Å². The van der Waals surface area contributed by atoms with E-state index in [0.717, 1.165) is 30.7 Å². The van der Waals surface area contributed by atoms with Gasteiger partial charge in [0.25, 0.3) is 11.8 Å². The number of rotatable bonds is 4. The van der Waals surface area contributed by atoms with E-state index in [-0.39, 0.29) is 36.1 Å². The highest BCUT2D eigenvalue weighted by atomic mass is 35.5. The van der Waals surface area contributed by atoms with Gasteiger partial charge in [-0.15, -0.1) is 12.4 Å². The van der Waals surface area contributed by atoms with Crippen molar-refractivity contribution < 1.29 is 18.8 Å². The molecule has 4 rings (SSSR count). The number of amides is 1. The molecule has 1 aromatic heterocycles. The molecular weight excluding hydrogens is 420 g/mol. The number of ether oxygens (including phenoxy) is 2. The SMILES string of the molecule is Cc1noc(C2CNCC3(CCN(C(=O)c4ccc(OC(C)C)c(C)c4)CC3)O2)n1.Cl. The van der Waals surface area contributed by atoms with Crippen LogP contribution < -0.4 is 10.1 Å². The number of hydrogen-bond acceptors (Lipinski definition) is 7. The van der Waals surface area contributed by atoms with Crippen LogP contribution in [0.4, 0.5) is 0 Å². The topological polar surface area (TPSA) is 89.7 Å². The van der Waals surface area contributed by atoms with E-state index >= 15 is 0 Å². The second-order valence-corrected chi connectivity index (χ2v) is 8.54. The van der Waals surface area contributed by atoms with Gasteiger partial charge in [0.05, 0.1) is 11.7 Å². The fourth-order valence-corrected chi connectivity index (χ4v) is 4.16. The third-order valence-electron chi connectivity index (χ3n) is 5.73. The molecule has 2 fully saturated rings. The second-order valence-electron chi connectivity index (χ2n) is 8.54. The average molecular weight is 451 g/mol. The standard InChI is InChI=1S/C22H30N4O4.ClH/c1-14(2)28-18-6-5-17(11-15(18)3)21(27)26-9-7-22(8-10-26)13-23-12-19(29-22)20-24-16(4)25-30-20;/h5-6,11,14,19,23H,7-10,12-13H2,1-4H3;1H. The summed E-state index contributed by atoms with van der Waals surface area (Å²) in [6.07, 6.45) is 1.39. The molecule has 170 valence electrons. The van der Waals surface area contributed by atoms with Crippen molar-refractivity contribution in [3.8, 4) is 5.75 Å². The minimum absolute atomic E-state index is 0. The molecule has 9 heteroatoms.